The summed E-state index contributed by atoms with van der Waals surface area (Å²) >= 11 is 0. The summed E-state index contributed by atoms with van der Waals surface area (Å²) in [6.07, 6.45) is 5.06. The van der Waals surface area contributed by atoms with Gasteiger partial charge in [-0.2, -0.15) is 0 Å². The molecule has 0 saturated carbocycles. The number of nitrogens with zero attached hydrogens (tertiary/aromatic N) is 2. The molecule has 15 heavy (non-hydrogen) atoms. The van der Waals surface area contributed by atoms with Gasteiger partial charge in [0.1, 0.15) is 5.82 Å². The molecule has 0 radical (unpaired) electrons. The normalized spacial score (nSPS) is 12.5. The fraction of sp³-hybridized carbons (Fsp3) is 0.636. The third-order valence-corrected chi connectivity index (χ3v) is 2.46. The Kier molecular flexibility index (Phi) is 4.34. The zero-order valence-corrected chi connectivity index (χ0v) is 9.56. The number of ether oxygens (including phenoxy) is 1. The van der Waals surface area contributed by atoms with Crippen LogP contribution in [0.2, 0.25) is 0 Å². The third kappa shape index (κ3) is 3.08. The Morgan fingerprint density at radius 1 is 1.60 bits per heavy atom. The van der Waals surface area contributed by atoms with E-state index in [1.54, 1.807) is 6.20 Å². The van der Waals surface area contributed by atoms with Crippen molar-refractivity contribution in [2.75, 3.05) is 6.61 Å². The number of carbonyl (C=O) groups is 1. The Bertz CT molecular complexity index is 320. The molecule has 0 aliphatic carbocycles. The summed E-state index contributed by atoms with van der Waals surface area (Å²) < 4.78 is 6.94. The summed E-state index contributed by atoms with van der Waals surface area (Å²) in [5.74, 6) is 0.726. The van der Waals surface area contributed by atoms with Crippen molar-refractivity contribution >= 4 is 5.97 Å². The summed E-state index contributed by atoms with van der Waals surface area (Å²) in [6, 6.07) is 0. The average Bonchev–Trinajstić information content (AvgIpc) is 2.61. The van der Waals surface area contributed by atoms with Gasteiger partial charge in [-0.3, -0.25) is 4.79 Å². The van der Waals surface area contributed by atoms with Crippen LogP contribution in [0, 0.1) is 5.92 Å². The van der Waals surface area contributed by atoms with Gasteiger partial charge in [-0.1, -0.05) is 6.92 Å². The van der Waals surface area contributed by atoms with Crippen molar-refractivity contribution in [1.82, 2.24) is 9.55 Å². The van der Waals surface area contributed by atoms with Crippen LogP contribution in [0.1, 0.15) is 26.1 Å². The van der Waals surface area contributed by atoms with Crippen molar-refractivity contribution in [3.63, 3.8) is 0 Å². The van der Waals surface area contributed by atoms with E-state index >= 15 is 0 Å². The second-order valence-electron chi connectivity index (χ2n) is 3.52. The summed E-state index contributed by atoms with van der Waals surface area (Å²) in [5, 5.41) is 0. The number of carbonyl (C=O) groups excluding carboxylic acids is 1. The highest BCUT2D eigenvalue weighted by atomic mass is 16.5. The molecule has 1 unspecified atom stereocenters. The minimum absolute atomic E-state index is 0.0777. The fourth-order valence-electron chi connectivity index (χ4n) is 1.47. The SMILES string of the molecule is CCOC(=O)C(CC)Cc1nccn1C. The van der Waals surface area contributed by atoms with Crippen molar-refractivity contribution in [1.29, 1.82) is 0 Å². The first kappa shape index (κ1) is 11.8. The lowest BCUT2D eigenvalue weighted by Gasteiger charge is -2.12. The van der Waals surface area contributed by atoms with Crippen LogP contribution in [0.5, 0.6) is 0 Å². The maximum absolute atomic E-state index is 11.6. The van der Waals surface area contributed by atoms with Gasteiger partial charge >= 0.3 is 5.97 Å². The fourth-order valence-corrected chi connectivity index (χ4v) is 1.47. The standard InChI is InChI=1S/C11H18N2O2/c1-4-9(11(14)15-5-2)8-10-12-6-7-13(10)3/h6-7,9H,4-5,8H2,1-3H3. The van der Waals surface area contributed by atoms with Gasteiger partial charge in [0.15, 0.2) is 0 Å². The summed E-state index contributed by atoms with van der Waals surface area (Å²) in [7, 11) is 1.93. The number of hydrogen-bond donors (Lipinski definition) is 0. The van der Waals surface area contributed by atoms with Gasteiger partial charge in [-0.25, -0.2) is 4.98 Å². The first-order valence-corrected chi connectivity index (χ1v) is 5.31. The molecule has 0 aliphatic rings. The lowest BCUT2D eigenvalue weighted by molar-refractivity contribution is -0.148. The van der Waals surface area contributed by atoms with Crippen LogP contribution >= 0.6 is 0 Å². The molecule has 0 aliphatic heterocycles. The molecule has 0 bridgehead atoms. The van der Waals surface area contributed by atoms with E-state index < -0.39 is 0 Å². The minimum Gasteiger partial charge on any atom is -0.466 e. The third-order valence-electron chi connectivity index (χ3n) is 2.46. The van der Waals surface area contributed by atoms with E-state index in [1.807, 2.05) is 31.7 Å². The molecule has 1 rings (SSSR count). The molecule has 1 heterocycles. The maximum atomic E-state index is 11.6. The van der Waals surface area contributed by atoms with E-state index in [-0.39, 0.29) is 11.9 Å². The highest BCUT2D eigenvalue weighted by Crippen LogP contribution is 2.12. The lowest BCUT2D eigenvalue weighted by atomic mass is 10.0. The van der Waals surface area contributed by atoms with Crippen molar-refractivity contribution in [2.24, 2.45) is 13.0 Å². The van der Waals surface area contributed by atoms with Gasteiger partial charge in [0, 0.05) is 25.9 Å². The highest BCUT2D eigenvalue weighted by molar-refractivity contribution is 5.72. The zero-order valence-electron chi connectivity index (χ0n) is 9.56. The smallest absolute Gasteiger partial charge is 0.309 e. The van der Waals surface area contributed by atoms with Crippen LogP contribution in [0.4, 0.5) is 0 Å². The van der Waals surface area contributed by atoms with Crippen LogP contribution in [-0.4, -0.2) is 22.1 Å². The van der Waals surface area contributed by atoms with Crippen molar-refractivity contribution in [2.45, 2.75) is 26.7 Å². The van der Waals surface area contributed by atoms with Gasteiger partial charge in [-0.05, 0) is 13.3 Å². The second-order valence-corrected chi connectivity index (χ2v) is 3.52. The summed E-state index contributed by atoms with van der Waals surface area (Å²) in [4.78, 5) is 15.8. The van der Waals surface area contributed by atoms with Crippen LogP contribution in [0.25, 0.3) is 0 Å². The van der Waals surface area contributed by atoms with Crippen LogP contribution in [0.3, 0.4) is 0 Å². The minimum atomic E-state index is -0.122. The maximum Gasteiger partial charge on any atom is 0.309 e. The molecule has 0 saturated heterocycles. The molecule has 84 valence electrons. The molecule has 4 nitrogen and oxygen atoms in total. The van der Waals surface area contributed by atoms with E-state index in [1.165, 1.54) is 0 Å². The lowest BCUT2D eigenvalue weighted by Crippen LogP contribution is -2.20. The molecule has 1 aromatic heterocycles. The molecule has 1 atom stereocenters. The Balaban J connectivity index is 2.61. The molecule has 4 heteroatoms. The predicted molar refractivity (Wildman–Crippen MR) is 57.3 cm³/mol. The zero-order chi connectivity index (χ0) is 11.3. The van der Waals surface area contributed by atoms with E-state index in [4.69, 9.17) is 4.74 Å². The molecule has 0 N–H and O–H groups in total. The molecular formula is C11H18N2O2. The second kappa shape index (κ2) is 5.53. The number of aryl methyl sites for hydroxylation is 1. The number of rotatable bonds is 5. The molecule has 0 fully saturated rings. The molecule has 1 aromatic rings. The summed E-state index contributed by atoms with van der Waals surface area (Å²) in [6.45, 7) is 4.26. The van der Waals surface area contributed by atoms with Gasteiger partial charge in [-0.15, -0.1) is 0 Å². The van der Waals surface area contributed by atoms with Crippen molar-refractivity contribution in [3.8, 4) is 0 Å². The van der Waals surface area contributed by atoms with Gasteiger partial charge in [0.2, 0.25) is 0 Å². The number of esters is 1. The van der Waals surface area contributed by atoms with Gasteiger partial charge in [0.05, 0.1) is 12.5 Å². The predicted octanol–water partition coefficient (Wildman–Crippen LogP) is 1.55. The quantitative estimate of drug-likeness (QED) is 0.693. The van der Waals surface area contributed by atoms with E-state index in [0.717, 1.165) is 12.2 Å². The van der Waals surface area contributed by atoms with E-state index in [2.05, 4.69) is 4.98 Å². The number of hydrogen-bond acceptors (Lipinski definition) is 3. The monoisotopic (exact) mass is 210 g/mol. The first-order valence-electron chi connectivity index (χ1n) is 5.31. The van der Waals surface area contributed by atoms with Crippen LogP contribution in [0.15, 0.2) is 12.4 Å². The van der Waals surface area contributed by atoms with Gasteiger partial charge in [0.25, 0.3) is 0 Å². The number of aromatic nitrogens is 2. The summed E-state index contributed by atoms with van der Waals surface area (Å²) in [5.41, 5.74) is 0. The van der Waals surface area contributed by atoms with E-state index in [0.29, 0.717) is 13.0 Å². The van der Waals surface area contributed by atoms with E-state index in [9.17, 15) is 4.79 Å². The first-order chi connectivity index (χ1) is 7.19. The average molecular weight is 210 g/mol. The Morgan fingerprint density at radius 2 is 2.33 bits per heavy atom. The van der Waals surface area contributed by atoms with Gasteiger partial charge < -0.3 is 9.30 Å². The Labute approximate surface area is 90.3 Å². The molecule has 0 aromatic carbocycles. The molecular weight excluding hydrogens is 192 g/mol. The van der Waals surface area contributed by atoms with Crippen LogP contribution < -0.4 is 0 Å². The Morgan fingerprint density at radius 3 is 2.80 bits per heavy atom. The molecule has 0 spiro atoms. The highest BCUT2D eigenvalue weighted by Gasteiger charge is 2.19. The van der Waals surface area contributed by atoms with Crippen molar-refractivity contribution in [3.05, 3.63) is 18.2 Å². The molecule has 0 amide bonds. The topological polar surface area (TPSA) is 44.1 Å². The van der Waals surface area contributed by atoms with Crippen LogP contribution in [-0.2, 0) is 23.0 Å². The largest absolute Gasteiger partial charge is 0.466 e. The van der Waals surface area contributed by atoms with Crippen molar-refractivity contribution < 1.29 is 9.53 Å². The Hall–Kier alpha value is -1.32. The number of imidazole rings is 1.